The van der Waals surface area contributed by atoms with E-state index in [0.29, 0.717) is 0 Å². The molecule has 0 spiro atoms. The fourth-order valence-corrected chi connectivity index (χ4v) is 1.88. The molecule has 68 valence electrons. The van der Waals surface area contributed by atoms with Gasteiger partial charge in [-0.25, -0.2) is 4.98 Å². The maximum Gasteiger partial charge on any atom is 0.0928 e. The largest absolute Gasteiger partial charge is 0.393 e. The maximum atomic E-state index is 9.02. The molecule has 0 bridgehead atoms. The molecule has 1 unspecified atom stereocenters. The second-order valence-electron chi connectivity index (χ2n) is 3.12. The molecule has 0 aliphatic heterocycles. The lowest BCUT2D eigenvalue weighted by Gasteiger charge is -2.00. The smallest absolute Gasteiger partial charge is 0.0928 e. The van der Waals surface area contributed by atoms with Crippen molar-refractivity contribution in [3.05, 3.63) is 16.1 Å². The molecule has 0 fully saturated rings. The normalized spacial score (nSPS) is 13.2. The molecular weight excluding hydrogens is 170 g/mol. The number of aliphatic hydroxyl groups is 1. The van der Waals surface area contributed by atoms with Gasteiger partial charge in [0.25, 0.3) is 0 Å². The third-order valence-corrected chi connectivity index (χ3v) is 2.71. The third-order valence-electron chi connectivity index (χ3n) is 1.68. The summed E-state index contributed by atoms with van der Waals surface area (Å²) in [5.41, 5.74) is 1.10. The Labute approximate surface area is 77.3 Å². The van der Waals surface area contributed by atoms with E-state index in [1.165, 1.54) is 5.01 Å². The lowest BCUT2D eigenvalue weighted by atomic mass is 10.2. The molecule has 1 N–H and O–H groups in total. The van der Waals surface area contributed by atoms with Crippen LogP contribution in [0.2, 0.25) is 0 Å². The molecule has 0 amide bonds. The number of hydrogen-bond donors (Lipinski definition) is 1. The van der Waals surface area contributed by atoms with Gasteiger partial charge in [-0.3, -0.25) is 0 Å². The van der Waals surface area contributed by atoms with Crippen molar-refractivity contribution < 1.29 is 5.11 Å². The number of rotatable bonds is 4. The average Bonchev–Trinajstić information content (AvgIpc) is 2.35. The van der Waals surface area contributed by atoms with Crippen molar-refractivity contribution >= 4 is 11.3 Å². The summed E-state index contributed by atoms with van der Waals surface area (Å²) in [6.45, 7) is 3.84. The van der Waals surface area contributed by atoms with Crippen LogP contribution in [0.25, 0.3) is 0 Å². The maximum absolute atomic E-state index is 9.02. The summed E-state index contributed by atoms with van der Waals surface area (Å²) < 4.78 is 0. The molecule has 1 atom stereocenters. The fraction of sp³-hybridized carbons (Fsp3) is 0.667. The highest BCUT2D eigenvalue weighted by atomic mass is 32.1. The van der Waals surface area contributed by atoms with Crippen molar-refractivity contribution in [2.75, 3.05) is 0 Å². The average molecular weight is 185 g/mol. The Morgan fingerprint density at radius 1 is 1.67 bits per heavy atom. The quantitative estimate of drug-likeness (QED) is 0.779. The Morgan fingerprint density at radius 3 is 2.92 bits per heavy atom. The van der Waals surface area contributed by atoms with Crippen molar-refractivity contribution in [1.82, 2.24) is 4.98 Å². The van der Waals surface area contributed by atoms with Crippen LogP contribution in [0.3, 0.4) is 0 Å². The van der Waals surface area contributed by atoms with E-state index in [4.69, 9.17) is 5.11 Å². The predicted octanol–water partition coefficient (Wildman–Crippen LogP) is 2.16. The van der Waals surface area contributed by atoms with Crippen LogP contribution in [0, 0.1) is 6.92 Å². The minimum atomic E-state index is -0.175. The molecule has 0 aliphatic rings. The van der Waals surface area contributed by atoms with Crippen molar-refractivity contribution in [1.29, 1.82) is 0 Å². The molecule has 12 heavy (non-hydrogen) atoms. The van der Waals surface area contributed by atoms with E-state index >= 15 is 0 Å². The first kappa shape index (κ1) is 9.68. The van der Waals surface area contributed by atoms with Gasteiger partial charge in [-0.1, -0.05) is 0 Å². The monoisotopic (exact) mass is 185 g/mol. The molecule has 1 heterocycles. The van der Waals surface area contributed by atoms with Crippen LogP contribution in [0.1, 0.15) is 30.5 Å². The Hall–Kier alpha value is -0.410. The third kappa shape index (κ3) is 3.32. The second-order valence-corrected chi connectivity index (χ2v) is 4.07. The summed E-state index contributed by atoms with van der Waals surface area (Å²) in [7, 11) is 0. The zero-order valence-electron chi connectivity index (χ0n) is 7.58. The van der Waals surface area contributed by atoms with Gasteiger partial charge in [-0.2, -0.15) is 0 Å². The molecule has 1 aromatic heterocycles. The van der Waals surface area contributed by atoms with Gasteiger partial charge in [0, 0.05) is 11.1 Å². The first-order chi connectivity index (χ1) is 5.68. The van der Waals surface area contributed by atoms with Crippen LogP contribution < -0.4 is 0 Å². The van der Waals surface area contributed by atoms with Crippen molar-refractivity contribution in [3.8, 4) is 0 Å². The van der Waals surface area contributed by atoms with Crippen molar-refractivity contribution in [2.45, 2.75) is 39.2 Å². The van der Waals surface area contributed by atoms with E-state index in [9.17, 15) is 0 Å². The second kappa shape index (κ2) is 4.58. The highest BCUT2D eigenvalue weighted by Gasteiger charge is 2.00. The van der Waals surface area contributed by atoms with Crippen LogP contribution in [-0.2, 0) is 6.42 Å². The summed E-state index contributed by atoms with van der Waals surface area (Å²) in [5, 5.41) is 12.3. The highest BCUT2D eigenvalue weighted by molar-refractivity contribution is 7.09. The van der Waals surface area contributed by atoms with Gasteiger partial charge < -0.3 is 5.11 Å². The molecule has 0 radical (unpaired) electrons. The fourth-order valence-electron chi connectivity index (χ4n) is 1.07. The Kier molecular flexibility index (Phi) is 3.69. The van der Waals surface area contributed by atoms with Gasteiger partial charge in [-0.15, -0.1) is 11.3 Å². The first-order valence-electron chi connectivity index (χ1n) is 4.27. The van der Waals surface area contributed by atoms with Crippen molar-refractivity contribution in [2.24, 2.45) is 0 Å². The molecule has 0 saturated heterocycles. The minimum Gasteiger partial charge on any atom is -0.393 e. The molecule has 3 heteroatoms. The van der Waals surface area contributed by atoms with Gasteiger partial charge in [0.15, 0.2) is 0 Å². The summed E-state index contributed by atoms with van der Waals surface area (Å²) in [6, 6.07) is 0. The number of aliphatic hydroxyl groups excluding tert-OH is 1. The molecule has 0 saturated carbocycles. The number of aromatic nitrogens is 1. The molecule has 2 nitrogen and oxygen atoms in total. The zero-order chi connectivity index (χ0) is 8.97. The van der Waals surface area contributed by atoms with Gasteiger partial charge in [0.05, 0.1) is 11.1 Å². The molecule has 0 aliphatic carbocycles. The van der Waals surface area contributed by atoms with Crippen LogP contribution in [-0.4, -0.2) is 16.2 Å². The lowest BCUT2D eigenvalue weighted by molar-refractivity contribution is 0.181. The Bertz CT molecular complexity index is 232. The van der Waals surface area contributed by atoms with E-state index in [1.54, 1.807) is 11.3 Å². The van der Waals surface area contributed by atoms with Crippen LogP contribution in [0.15, 0.2) is 5.38 Å². The van der Waals surface area contributed by atoms with E-state index in [1.807, 2.05) is 13.8 Å². The number of hydrogen-bond acceptors (Lipinski definition) is 3. The number of nitrogens with zero attached hydrogens (tertiary/aromatic N) is 1. The Balaban J connectivity index is 2.24. The standard InChI is InChI=1S/C9H15NOS/c1-7-6-12-9(10-7)5-3-4-8(2)11/h6,8,11H,3-5H2,1-2H3. The van der Waals surface area contributed by atoms with E-state index in [2.05, 4.69) is 10.4 Å². The molecular formula is C9H15NOS. The molecule has 1 rings (SSSR count). The zero-order valence-corrected chi connectivity index (χ0v) is 8.40. The Morgan fingerprint density at radius 2 is 2.42 bits per heavy atom. The first-order valence-corrected chi connectivity index (χ1v) is 5.15. The van der Waals surface area contributed by atoms with E-state index in [-0.39, 0.29) is 6.10 Å². The van der Waals surface area contributed by atoms with E-state index < -0.39 is 0 Å². The summed E-state index contributed by atoms with van der Waals surface area (Å²) >= 11 is 1.71. The van der Waals surface area contributed by atoms with Gasteiger partial charge in [-0.05, 0) is 33.1 Å². The summed E-state index contributed by atoms with van der Waals surface area (Å²) in [4.78, 5) is 4.34. The van der Waals surface area contributed by atoms with Crippen LogP contribution >= 0.6 is 11.3 Å². The molecule has 0 aromatic carbocycles. The molecule has 1 aromatic rings. The minimum absolute atomic E-state index is 0.175. The predicted molar refractivity (Wildman–Crippen MR) is 51.5 cm³/mol. The summed E-state index contributed by atoms with van der Waals surface area (Å²) in [6.07, 6.45) is 2.73. The van der Waals surface area contributed by atoms with Crippen LogP contribution in [0.4, 0.5) is 0 Å². The number of thiazole rings is 1. The van der Waals surface area contributed by atoms with Gasteiger partial charge >= 0.3 is 0 Å². The van der Waals surface area contributed by atoms with Gasteiger partial charge in [0.1, 0.15) is 0 Å². The van der Waals surface area contributed by atoms with E-state index in [0.717, 1.165) is 25.0 Å². The summed E-state index contributed by atoms with van der Waals surface area (Å²) in [5.74, 6) is 0. The number of aryl methyl sites for hydroxylation is 2. The van der Waals surface area contributed by atoms with Crippen LogP contribution in [0.5, 0.6) is 0 Å². The SMILES string of the molecule is Cc1csc(CCCC(C)O)n1. The lowest BCUT2D eigenvalue weighted by Crippen LogP contribution is -1.99. The van der Waals surface area contributed by atoms with Crippen molar-refractivity contribution in [3.63, 3.8) is 0 Å². The van der Waals surface area contributed by atoms with Gasteiger partial charge in [0.2, 0.25) is 0 Å². The topological polar surface area (TPSA) is 33.1 Å². The highest BCUT2D eigenvalue weighted by Crippen LogP contribution is 2.12.